The average Bonchev–Trinajstić information content (AvgIpc) is 2.75. The monoisotopic (exact) mass is 434 g/mol. The summed E-state index contributed by atoms with van der Waals surface area (Å²) in [5, 5.41) is 58.4. The molecule has 6 N–H and O–H groups in total. The third kappa shape index (κ3) is 4.03. The Labute approximate surface area is 176 Å². The molecule has 0 bridgehead atoms. The zero-order valence-corrected chi connectivity index (χ0v) is 16.2. The first kappa shape index (κ1) is 21.3. The maximum absolute atomic E-state index is 12.5. The second kappa shape index (κ2) is 8.33. The van der Waals surface area contributed by atoms with Crippen LogP contribution in [0, 0.1) is 0 Å². The van der Waals surface area contributed by atoms with Crippen LogP contribution in [0.5, 0.6) is 23.0 Å². The van der Waals surface area contributed by atoms with Crippen LogP contribution >= 0.6 is 0 Å². The topological polar surface area (TPSA) is 166 Å². The second-order valence-electron chi connectivity index (χ2n) is 7.46. The summed E-state index contributed by atoms with van der Waals surface area (Å²) < 4.78 is 16.8. The first-order valence-corrected chi connectivity index (χ1v) is 9.61. The Morgan fingerprint density at radius 2 is 1.74 bits per heavy atom. The van der Waals surface area contributed by atoms with E-state index in [1.807, 2.05) is 0 Å². The van der Waals surface area contributed by atoms with Crippen LogP contribution in [-0.4, -0.2) is 73.7 Å². The molecule has 1 fully saturated rings. The van der Waals surface area contributed by atoms with Gasteiger partial charge >= 0.3 is 0 Å². The van der Waals surface area contributed by atoms with Gasteiger partial charge in [-0.3, -0.25) is 4.79 Å². The molecule has 166 valence electrons. The molecule has 10 heteroatoms. The summed E-state index contributed by atoms with van der Waals surface area (Å²) in [7, 11) is 0. The number of ketones is 1. The summed E-state index contributed by atoms with van der Waals surface area (Å²) >= 11 is 0. The summed E-state index contributed by atoms with van der Waals surface area (Å²) in [5.74, 6) is -0.459. The fourth-order valence-corrected chi connectivity index (χ4v) is 3.60. The van der Waals surface area contributed by atoms with E-state index in [4.69, 9.17) is 14.2 Å². The third-order valence-corrected chi connectivity index (χ3v) is 5.37. The zero-order valence-electron chi connectivity index (χ0n) is 16.2. The van der Waals surface area contributed by atoms with Gasteiger partial charge in [-0.2, -0.15) is 0 Å². The van der Waals surface area contributed by atoms with Crippen LogP contribution in [-0.2, 0) is 4.74 Å². The van der Waals surface area contributed by atoms with Crippen LogP contribution in [0.15, 0.2) is 36.4 Å². The Kier molecular flexibility index (Phi) is 5.73. The third-order valence-electron chi connectivity index (χ3n) is 5.37. The van der Waals surface area contributed by atoms with E-state index in [0.29, 0.717) is 11.1 Å². The van der Waals surface area contributed by atoms with Crippen LogP contribution in [0.4, 0.5) is 0 Å². The SMILES string of the molecule is O=C1C[C@H](c2ccc(O)c(O)c2)Oc2cc(O[C@@H]3O[C@@H](CO)[C@@H](O)[C@@H](O)[C@H]3O)ccc21. The molecule has 0 radical (unpaired) electrons. The predicted molar refractivity (Wildman–Crippen MR) is 103 cm³/mol. The molecule has 2 heterocycles. The number of hydrogen-bond donors (Lipinski definition) is 6. The number of carbonyl (C=O) groups is 1. The molecule has 4 rings (SSSR count). The highest BCUT2D eigenvalue weighted by Crippen LogP contribution is 2.39. The molecular weight excluding hydrogens is 412 g/mol. The highest BCUT2D eigenvalue weighted by atomic mass is 16.7. The number of fused-ring (bicyclic) bond motifs is 1. The maximum Gasteiger partial charge on any atom is 0.229 e. The Bertz CT molecular complexity index is 975. The molecule has 0 spiro atoms. The summed E-state index contributed by atoms with van der Waals surface area (Å²) in [4.78, 5) is 12.5. The van der Waals surface area contributed by atoms with E-state index in [9.17, 15) is 35.4 Å². The van der Waals surface area contributed by atoms with Gasteiger partial charge in [0.15, 0.2) is 17.3 Å². The lowest BCUT2D eigenvalue weighted by atomic mass is 9.96. The average molecular weight is 434 g/mol. The molecule has 6 atom stereocenters. The van der Waals surface area contributed by atoms with Crippen molar-refractivity contribution in [2.45, 2.75) is 43.2 Å². The molecule has 31 heavy (non-hydrogen) atoms. The van der Waals surface area contributed by atoms with Gasteiger partial charge in [0.2, 0.25) is 6.29 Å². The molecular formula is C21H22O10. The minimum absolute atomic E-state index is 0.0319. The molecule has 0 amide bonds. The molecule has 1 saturated heterocycles. The summed E-state index contributed by atoms with van der Waals surface area (Å²) in [6.45, 7) is -0.590. The Morgan fingerprint density at radius 3 is 2.45 bits per heavy atom. The van der Waals surface area contributed by atoms with E-state index in [1.54, 1.807) is 0 Å². The van der Waals surface area contributed by atoms with Crippen LogP contribution < -0.4 is 9.47 Å². The van der Waals surface area contributed by atoms with Gasteiger partial charge in [-0.15, -0.1) is 0 Å². The van der Waals surface area contributed by atoms with Gasteiger partial charge in [0.25, 0.3) is 0 Å². The van der Waals surface area contributed by atoms with E-state index < -0.39 is 43.4 Å². The van der Waals surface area contributed by atoms with Crippen molar-refractivity contribution in [3.8, 4) is 23.0 Å². The second-order valence-corrected chi connectivity index (χ2v) is 7.46. The molecule has 0 saturated carbocycles. The van der Waals surface area contributed by atoms with E-state index in [-0.39, 0.29) is 35.2 Å². The Balaban J connectivity index is 1.55. The highest BCUT2D eigenvalue weighted by Gasteiger charge is 2.44. The largest absolute Gasteiger partial charge is 0.504 e. The Morgan fingerprint density at radius 1 is 0.968 bits per heavy atom. The van der Waals surface area contributed by atoms with E-state index in [0.717, 1.165) is 0 Å². The van der Waals surface area contributed by atoms with Gasteiger partial charge in [0.05, 0.1) is 18.6 Å². The molecule has 2 aliphatic rings. The highest BCUT2D eigenvalue weighted by molar-refractivity contribution is 6.00. The number of phenolic OH excluding ortho intramolecular Hbond substituents is 2. The van der Waals surface area contributed by atoms with Crippen molar-refractivity contribution in [2.24, 2.45) is 0 Å². The number of rotatable bonds is 4. The number of aliphatic hydroxyl groups is 4. The minimum atomic E-state index is -1.59. The summed E-state index contributed by atoms with van der Waals surface area (Å²) in [6, 6.07) is 8.52. The number of ether oxygens (including phenoxy) is 3. The van der Waals surface area contributed by atoms with Gasteiger partial charge in [-0.1, -0.05) is 6.07 Å². The lowest BCUT2D eigenvalue weighted by Crippen LogP contribution is -2.60. The smallest absolute Gasteiger partial charge is 0.229 e. The number of aromatic hydroxyl groups is 2. The van der Waals surface area contributed by atoms with Crippen molar-refractivity contribution in [2.75, 3.05) is 6.61 Å². The van der Waals surface area contributed by atoms with Gasteiger partial charge in [0, 0.05) is 6.07 Å². The number of phenols is 2. The quantitative estimate of drug-likeness (QED) is 0.360. The minimum Gasteiger partial charge on any atom is -0.504 e. The lowest BCUT2D eigenvalue weighted by Gasteiger charge is -2.39. The summed E-state index contributed by atoms with van der Waals surface area (Å²) in [6.07, 6.45) is -7.84. The van der Waals surface area contributed by atoms with E-state index in [1.165, 1.54) is 36.4 Å². The van der Waals surface area contributed by atoms with Crippen molar-refractivity contribution in [1.82, 2.24) is 0 Å². The van der Waals surface area contributed by atoms with Crippen LogP contribution in [0.3, 0.4) is 0 Å². The van der Waals surface area contributed by atoms with Crippen LogP contribution in [0.25, 0.3) is 0 Å². The number of carbonyl (C=O) groups excluding carboxylic acids is 1. The number of hydrogen-bond acceptors (Lipinski definition) is 10. The fraction of sp³-hybridized carbons (Fsp3) is 0.381. The molecule has 0 aliphatic carbocycles. The van der Waals surface area contributed by atoms with Gasteiger partial charge in [-0.05, 0) is 29.8 Å². The van der Waals surface area contributed by atoms with Crippen molar-refractivity contribution in [3.63, 3.8) is 0 Å². The molecule has 0 unspecified atom stereocenters. The van der Waals surface area contributed by atoms with Gasteiger partial charge < -0.3 is 44.8 Å². The van der Waals surface area contributed by atoms with Crippen molar-refractivity contribution in [1.29, 1.82) is 0 Å². The standard InChI is InChI=1S/C21H22O10/c22-8-17-18(26)19(27)20(28)21(31-17)29-10-2-3-11-13(24)7-15(30-16(11)6-10)9-1-4-12(23)14(25)5-9/h1-6,15,17-23,25-28H,7-8H2/t15-,17+,18-,19-,20-,21-/m1/s1. The number of Topliss-reactive ketones (excluding diaryl/α,β-unsaturated/α-hetero) is 1. The molecule has 2 aromatic rings. The molecule has 2 aliphatic heterocycles. The molecule has 2 aromatic carbocycles. The molecule has 10 nitrogen and oxygen atoms in total. The van der Waals surface area contributed by atoms with Crippen molar-refractivity contribution < 1.29 is 49.6 Å². The zero-order chi connectivity index (χ0) is 22.3. The van der Waals surface area contributed by atoms with Crippen LogP contribution in [0.2, 0.25) is 0 Å². The van der Waals surface area contributed by atoms with Crippen molar-refractivity contribution in [3.05, 3.63) is 47.5 Å². The van der Waals surface area contributed by atoms with Gasteiger partial charge in [-0.25, -0.2) is 0 Å². The first-order chi connectivity index (χ1) is 14.8. The lowest BCUT2D eigenvalue weighted by molar-refractivity contribution is -0.277. The Hall–Kier alpha value is -2.89. The first-order valence-electron chi connectivity index (χ1n) is 9.61. The van der Waals surface area contributed by atoms with E-state index in [2.05, 4.69) is 0 Å². The fourth-order valence-electron chi connectivity index (χ4n) is 3.60. The van der Waals surface area contributed by atoms with Gasteiger partial charge in [0.1, 0.15) is 42.0 Å². The summed E-state index contributed by atoms with van der Waals surface area (Å²) in [5.41, 5.74) is 0.815. The normalized spacial score (nSPS) is 30.4. The number of benzene rings is 2. The van der Waals surface area contributed by atoms with E-state index >= 15 is 0 Å². The predicted octanol–water partition coefficient (Wildman–Crippen LogP) is -0.0170. The maximum atomic E-state index is 12.5. The molecule has 0 aromatic heterocycles. The van der Waals surface area contributed by atoms with Crippen molar-refractivity contribution >= 4 is 5.78 Å². The van der Waals surface area contributed by atoms with Crippen LogP contribution in [0.1, 0.15) is 28.4 Å². The number of aliphatic hydroxyl groups excluding tert-OH is 4.